The molecule has 0 N–H and O–H groups in total. The topological polar surface area (TPSA) is 21.7 Å². The number of ether oxygens (including phenoxy) is 2. The Labute approximate surface area is 129 Å². The fraction of sp³-hybridized carbons (Fsp3) is 0.625. The second-order valence-corrected chi connectivity index (χ2v) is 5.52. The van der Waals surface area contributed by atoms with Crippen molar-refractivity contribution >= 4 is 0 Å². The monoisotopic (exact) mass is 317 g/mol. The molecule has 0 saturated carbocycles. The predicted molar refractivity (Wildman–Crippen MR) is 78.6 cm³/mol. The first-order valence-corrected chi connectivity index (χ1v) is 7.46. The number of halogens is 3. The van der Waals surface area contributed by atoms with E-state index in [1.165, 1.54) is 20.3 Å². The van der Waals surface area contributed by atoms with Gasteiger partial charge in [0.2, 0.25) is 0 Å². The van der Waals surface area contributed by atoms with Crippen molar-refractivity contribution in [2.24, 2.45) is 0 Å². The van der Waals surface area contributed by atoms with E-state index >= 15 is 0 Å². The van der Waals surface area contributed by atoms with E-state index in [-0.39, 0.29) is 17.4 Å². The van der Waals surface area contributed by atoms with Gasteiger partial charge in [0.25, 0.3) is 0 Å². The van der Waals surface area contributed by atoms with E-state index < -0.39 is 11.7 Å². The van der Waals surface area contributed by atoms with Gasteiger partial charge in [-0.2, -0.15) is 13.2 Å². The molecule has 0 amide bonds. The highest BCUT2D eigenvalue weighted by Gasteiger charge is 2.36. The maximum Gasteiger partial charge on any atom is 0.420 e. The number of alkyl halides is 3. The molecule has 6 heteroatoms. The molecule has 1 aromatic rings. The first kappa shape index (κ1) is 16.9. The van der Waals surface area contributed by atoms with Crippen molar-refractivity contribution in [1.82, 2.24) is 4.90 Å². The number of hydrogen-bond donors (Lipinski definition) is 0. The van der Waals surface area contributed by atoms with Crippen LogP contribution in [0.5, 0.6) is 11.5 Å². The molecule has 1 aliphatic rings. The molecule has 0 aromatic heterocycles. The molecule has 1 unspecified atom stereocenters. The number of rotatable bonds is 4. The summed E-state index contributed by atoms with van der Waals surface area (Å²) in [5.41, 5.74) is 0.00394. The van der Waals surface area contributed by atoms with Crippen LogP contribution >= 0.6 is 0 Å². The molecule has 1 heterocycles. The van der Waals surface area contributed by atoms with Crippen LogP contribution in [0.3, 0.4) is 0 Å². The summed E-state index contributed by atoms with van der Waals surface area (Å²) in [5, 5.41) is 0. The number of nitrogens with zero attached hydrogens (tertiary/aromatic N) is 1. The van der Waals surface area contributed by atoms with Crippen LogP contribution in [-0.4, -0.2) is 38.8 Å². The lowest BCUT2D eigenvalue weighted by atomic mass is 9.89. The predicted octanol–water partition coefficient (Wildman–Crippen LogP) is 3.92. The van der Waals surface area contributed by atoms with Gasteiger partial charge >= 0.3 is 6.18 Å². The number of piperidine rings is 1. The minimum atomic E-state index is -4.46. The quantitative estimate of drug-likeness (QED) is 0.840. The van der Waals surface area contributed by atoms with E-state index in [1.807, 2.05) is 0 Å². The standard InChI is InChI=1S/C16H22F3NO2/c1-4-20-7-5-6-11(10-20)12-8-15(22-3)13(16(17,18)19)9-14(12)21-2/h8-9,11H,4-7,10H2,1-3H3. The Morgan fingerprint density at radius 1 is 1.18 bits per heavy atom. The molecule has 0 spiro atoms. The van der Waals surface area contributed by atoms with Crippen molar-refractivity contribution in [3.05, 3.63) is 23.3 Å². The van der Waals surface area contributed by atoms with Crippen LogP contribution < -0.4 is 9.47 Å². The highest BCUT2D eigenvalue weighted by molar-refractivity contribution is 5.49. The zero-order chi connectivity index (χ0) is 16.3. The summed E-state index contributed by atoms with van der Waals surface area (Å²) in [6.07, 6.45) is -2.48. The van der Waals surface area contributed by atoms with Gasteiger partial charge in [-0.1, -0.05) is 6.92 Å². The SMILES string of the molecule is CCN1CCCC(c2cc(OC)c(C(F)(F)F)cc2OC)C1. The normalized spacial score (nSPS) is 20.0. The Balaban J connectivity index is 2.42. The Hall–Kier alpha value is -1.43. The van der Waals surface area contributed by atoms with E-state index in [4.69, 9.17) is 9.47 Å². The summed E-state index contributed by atoms with van der Waals surface area (Å²) in [5.74, 6) is 0.313. The van der Waals surface area contributed by atoms with Gasteiger partial charge in [0.1, 0.15) is 17.1 Å². The Bertz CT molecular complexity index is 517. The van der Waals surface area contributed by atoms with Gasteiger partial charge in [0, 0.05) is 18.0 Å². The van der Waals surface area contributed by atoms with Crippen LogP contribution in [0.4, 0.5) is 13.2 Å². The first-order valence-electron chi connectivity index (χ1n) is 7.46. The molecule has 0 aliphatic carbocycles. The zero-order valence-corrected chi connectivity index (χ0v) is 13.2. The van der Waals surface area contributed by atoms with Crippen molar-refractivity contribution < 1.29 is 22.6 Å². The number of likely N-dealkylation sites (N-methyl/N-ethyl adjacent to an activating group) is 1. The third kappa shape index (κ3) is 3.48. The van der Waals surface area contributed by atoms with Gasteiger partial charge in [-0.05, 0) is 38.1 Å². The van der Waals surface area contributed by atoms with Crippen LogP contribution in [0.25, 0.3) is 0 Å². The maximum absolute atomic E-state index is 13.1. The number of benzene rings is 1. The molecular weight excluding hydrogens is 295 g/mol. The Morgan fingerprint density at radius 2 is 1.86 bits per heavy atom. The summed E-state index contributed by atoms with van der Waals surface area (Å²) < 4.78 is 49.5. The molecule has 0 radical (unpaired) electrons. The van der Waals surface area contributed by atoms with Crippen molar-refractivity contribution in [3.8, 4) is 11.5 Å². The summed E-state index contributed by atoms with van der Waals surface area (Å²) in [6, 6.07) is 2.55. The Kier molecular flexibility index (Phi) is 5.21. The summed E-state index contributed by atoms with van der Waals surface area (Å²) in [4.78, 5) is 2.30. The van der Waals surface area contributed by atoms with Crippen molar-refractivity contribution in [2.45, 2.75) is 31.9 Å². The first-order chi connectivity index (χ1) is 10.4. The zero-order valence-electron chi connectivity index (χ0n) is 13.2. The largest absolute Gasteiger partial charge is 0.496 e. The van der Waals surface area contributed by atoms with E-state index in [2.05, 4.69) is 11.8 Å². The molecule has 0 bridgehead atoms. The Morgan fingerprint density at radius 3 is 2.41 bits per heavy atom. The summed E-state index contributed by atoms with van der Waals surface area (Å²) in [6.45, 7) is 4.90. The average Bonchev–Trinajstić information content (AvgIpc) is 2.52. The highest BCUT2D eigenvalue weighted by atomic mass is 19.4. The van der Waals surface area contributed by atoms with E-state index in [0.29, 0.717) is 0 Å². The molecule has 22 heavy (non-hydrogen) atoms. The van der Waals surface area contributed by atoms with Gasteiger partial charge in [-0.25, -0.2) is 0 Å². The lowest BCUT2D eigenvalue weighted by Crippen LogP contribution is -2.34. The second-order valence-electron chi connectivity index (χ2n) is 5.52. The summed E-state index contributed by atoms with van der Waals surface area (Å²) >= 11 is 0. The van der Waals surface area contributed by atoms with Gasteiger partial charge < -0.3 is 14.4 Å². The van der Waals surface area contributed by atoms with Crippen LogP contribution in [-0.2, 0) is 6.18 Å². The lowest BCUT2D eigenvalue weighted by Gasteiger charge is -2.33. The molecule has 3 nitrogen and oxygen atoms in total. The third-order valence-electron chi connectivity index (χ3n) is 4.25. The van der Waals surface area contributed by atoms with Crippen LogP contribution in [0, 0.1) is 0 Å². The van der Waals surface area contributed by atoms with Gasteiger partial charge in [-0.3, -0.25) is 0 Å². The van der Waals surface area contributed by atoms with Gasteiger partial charge in [-0.15, -0.1) is 0 Å². The molecule has 1 aliphatic heterocycles. The van der Waals surface area contributed by atoms with E-state index in [0.717, 1.165) is 44.1 Å². The second kappa shape index (κ2) is 6.77. The lowest BCUT2D eigenvalue weighted by molar-refractivity contribution is -0.138. The smallest absolute Gasteiger partial charge is 0.420 e. The van der Waals surface area contributed by atoms with E-state index in [9.17, 15) is 13.2 Å². The van der Waals surface area contributed by atoms with Crippen LogP contribution in [0.1, 0.15) is 36.8 Å². The average molecular weight is 317 g/mol. The third-order valence-corrected chi connectivity index (χ3v) is 4.25. The van der Waals surface area contributed by atoms with Crippen molar-refractivity contribution in [3.63, 3.8) is 0 Å². The van der Waals surface area contributed by atoms with Crippen molar-refractivity contribution in [2.75, 3.05) is 33.9 Å². The van der Waals surface area contributed by atoms with Crippen molar-refractivity contribution in [1.29, 1.82) is 0 Å². The number of hydrogen-bond acceptors (Lipinski definition) is 3. The molecule has 1 fully saturated rings. The minimum absolute atomic E-state index is 0.142. The fourth-order valence-electron chi connectivity index (χ4n) is 3.06. The molecular formula is C16H22F3NO2. The molecule has 124 valence electrons. The minimum Gasteiger partial charge on any atom is -0.496 e. The number of likely N-dealkylation sites (tertiary alicyclic amines) is 1. The van der Waals surface area contributed by atoms with Crippen LogP contribution in [0.15, 0.2) is 12.1 Å². The molecule has 2 rings (SSSR count). The molecule has 1 aromatic carbocycles. The van der Waals surface area contributed by atoms with Crippen LogP contribution in [0.2, 0.25) is 0 Å². The van der Waals surface area contributed by atoms with E-state index in [1.54, 1.807) is 0 Å². The molecule has 1 saturated heterocycles. The summed E-state index contributed by atoms with van der Waals surface area (Å²) in [7, 11) is 2.67. The number of methoxy groups -OCH3 is 2. The van der Waals surface area contributed by atoms with Gasteiger partial charge in [0.05, 0.1) is 14.2 Å². The fourth-order valence-corrected chi connectivity index (χ4v) is 3.06. The highest BCUT2D eigenvalue weighted by Crippen LogP contribution is 2.43. The van der Waals surface area contributed by atoms with Gasteiger partial charge in [0.15, 0.2) is 0 Å². The maximum atomic E-state index is 13.1. The molecule has 1 atom stereocenters.